The Morgan fingerprint density at radius 1 is 1.08 bits per heavy atom. The molecule has 2 aliphatic rings. The molecule has 24 heavy (non-hydrogen) atoms. The molecule has 1 aliphatic heterocycles. The lowest BCUT2D eigenvalue weighted by Crippen LogP contribution is -2.45. The number of hydrogen-bond donors (Lipinski definition) is 0. The van der Waals surface area contributed by atoms with Gasteiger partial charge >= 0.3 is 0 Å². The molecule has 1 saturated heterocycles. The van der Waals surface area contributed by atoms with Crippen LogP contribution in [0.1, 0.15) is 44.1 Å². The van der Waals surface area contributed by atoms with Gasteiger partial charge in [0.25, 0.3) is 0 Å². The molecule has 0 atom stereocenters. The second-order valence-electron chi connectivity index (χ2n) is 7.22. The van der Waals surface area contributed by atoms with Gasteiger partial charge in [0.2, 0.25) is 5.91 Å². The second-order valence-corrected chi connectivity index (χ2v) is 7.22. The summed E-state index contributed by atoms with van der Waals surface area (Å²) in [6.45, 7) is 1.89. The molecule has 1 amide bonds. The molecule has 1 aromatic heterocycles. The molecule has 0 bridgehead atoms. The number of carbonyl (C=O) groups excluding carboxylic acids is 1. The minimum absolute atomic E-state index is 0.260. The highest BCUT2D eigenvalue weighted by atomic mass is 16.2. The first-order valence-corrected chi connectivity index (χ1v) is 8.84. The Morgan fingerprint density at radius 2 is 1.83 bits per heavy atom. The molecule has 2 heterocycles. The Labute approximate surface area is 141 Å². The Hall–Kier alpha value is -2.24. The minimum atomic E-state index is 0.260. The number of carbonyl (C=O) groups is 1. The van der Waals surface area contributed by atoms with Crippen LogP contribution in [0.15, 0.2) is 30.6 Å². The van der Waals surface area contributed by atoms with Crippen LogP contribution >= 0.6 is 0 Å². The van der Waals surface area contributed by atoms with Gasteiger partial charge < -0.3 is 4.90 Å². The maximum Gasteiger partial charge on any atom is 0.227 e. The van der Waals surface area contributed by atoms with E-state index in [2.05, 4.69) is 20.4 Å². The quantitative estimate of drug-likeness (QED) is 0.869. The van der Waals surface area contributed by atoms with Crippen molar-refractivity contribution in [1.82, 2.24) is 25.1 Å². The molecule has 4 rings (SSSR count). The molecule has 0 radical (unpaired) electrons. The van der Waals surface area contributed by atoms with Crippen LogP contribution in [0.5, 0.6) is 0 Å². The van der Waals surface area contributed by atoms with E-state index < -0.39 is 0 Å². The fraction of sp³-hybridized carbons (Fsp3) is 0.556. The first kappa shape index (κ1) is 15.3. The van der Waals surface area contributed by atoms with E-state index in [0.717, 1.165) is 30.8 Å². The van der Waals surface area contributed by atoms with Crippen LogP contribution < -0.4 is 0 Å². The van der Waals surface area contributed by atoms with Gasteiger partial charge in [-0.15, -0.1) is 5.10 Å². The normalized spacial score (nSPS) is 19.8. The number of amides is 1. The van der Waals surface area contributed by atoms with Crippen molar-refractivity contribution in [1.29, 1.82) is 0 Å². The summed E-state index contributed by atoms with van der Waals surface area (Å²) >= 11 is 0. The van der Waals surface area contributed by atoms with E-state index in [4.69, 9.17) is 0 Å². The largest absolute Gasteiger partial charge is 0.342 e. The molecule has 1 aliphatic carbocycles. The zero-order valence-electron chi connectivity index (χ0n) is 13.9. The summed E-state index contributed by atoms with van der Waals surface area (Å²) in [6, 6.07) is 7.88. The van der Waals surface area contributed by atoms with Gasteiger partial charge in [0.05, 0.1) is 12.1 Å². The van der Waals surface area contributed by atoms with E-state index in [1.165, 1.54) is 32.1 Å². The van der Waals surface area contributed by atoms with Crippen molar-refractivity contribution in [2.75, 3.05) is 13.1 Å². The lowest BCUT2D eigenvalue weighted by molar-refractivity contribution is -0.133. The van der Waals surface area contributed by atoms with Crippen LogP contribution in [0.2, 0.25) is 0 Å². The monoisotopic (exact) mass is 325 g/mol. The summed E-state index contributed by atoms with van der Waals surface area (Å²) in [7, 11) is 0. The molecule has 0 N–H and O–H groups in total. The van der Waals surface area contributed by atoms with Gasteiger partial charge in [-0.3, -0.25) is 4.79 Å². The SMILES string of the molecule is O=C(Cc1ccc(-n2cnnn2)cc1)N1CCCC2(CCCC2)C1. The van der Waals surface area contributed by atoms with E-state index in [0.29, 0.717) is 11.8 Å². The van der Waals surface area contributed by atoms with E-state index in [1.54, 1.807) is 11.0 Å². The molecule has 6 heteroatoms. The predicted octanol–water partition coefficient (Wildman–Crippen LogP) is 2.39. The zero-order valence-corrected chi connectivity index (χ0v) is 13.9. The highest BCUT2D eigenvalue weighted by molar-refractivity contribution is 5.79. The van der Waals surface area contributed by atoms with Crippen molar-refractivity contribution in [2.45, 2.75) is 44.9 Å². The maximum absolute atomic E-state index is 12.7. The Kier molecular flexibility index (Phi) is 4.04. The Bertz CT molecular complexity index is 689. The highest BCUT2D eigenvalue weighted by Crippen LogP contribution is 2.44. The number of piperidine rings is 1. The number of benzene rings is 1. The second kappa shape index (κ2) is 6.34. The predicted molar refractivity (Wildman–Crippen MR) is 89.6 cm³/mol. The fourth-order valence-electron chi connectivity index (χ4n) is 4.29. The number of aromatic nitrogens is 4. The van der Waals surface area contributed by atoms with Crippen molar-refractivity contribution in [3.63, 3.8) is 0 Å². The van der Waals surface area contributed by atoms with Gasteiger partial charge in [-0.05, 0) is 59.2 Å². The van der Waals surface area contributed by atoms with Crippen molar-refractivity contribution in [2.24, 2.45) is 5.41 Å². The standard InChI is InChI=1S/C18H23N5O/c24-17(22-11-3-10-18(13-22)8-1-2-9-18)12-15-4-6-16(7-5-15)23-14-19-20-21-23/h4-7,14H,1-3,8-13H2. The van der Waals surface area contributed by atoms with E-state index in [9.17, 15) is 4.79 Å². The maximum atomic E-state index is 12.7. The zero-order chi connectivity index (χ0) is 16.4. The molecular weight excluding hydrogens is 302 g/mol. The average Bonchev–Trinajstić information content (AvgIpc) is 3.28. The summed E-state index contributed by atoms with van der Waals surface area (Å²) in [5.74, 6) is 0.260. The topological polar surface area (TPSA) is 63.9 Å². The van der Waals surface area contributed by atoms with Crippen LogP contribution in [0.25, 0.3) is 5.69 Å². The van der Waals surface area contributed by atoms with Crippen LogP contribution in [-0.4, -0.2) is 44.1 Å². The highest BCUT2D eigenvalue weighted by Gasteiger charge is 2.38. The van der Waals surface area contributed by atoms with Gasteiger partial charge in [0.15, 0.2) is 0 Å². The van der Waals surface area contributed by atoms with Gasteiger partial charge in [-0.25, -0.2) is 4.68 Å². The summed E-state index contributed by atoms with van der Waals surface area (Å²) in [5, 5.41) is 11.1. The van der Waals surface area contributed by atoms with Gasteiger partial charge in [0, 0.05) is 13.1 Å². The van der Waals surface area contributed by atoms with E-state index >= 15 is 0 Å². The van der Waals surface area contributed by atoms with Crippen molar-refractivity contribution in [3.8, 4) is 5.69 Å². The molecule has 1 saturated carbocycles. The number of rotatable bonds is 3. The van der Waals surface area contributed by atoms with Gasteiger partial charge in [0.1, 0.15) is 6.33 Å². The van der Waals surface area contributed by atoms with E-state index in [1.807, 2.05) is 24.3 Å². The molecule has 126 valence electrons. The van der Waals surface area contributed by atoms with E-state index in [-0.39, 0.29) is 5.91 Å². The number of likely N-dealkylation sites (tertiary alicyclic amines) is 1. The average molecular weight is 325 g/mol. The van der Waals surface area contributed by atoms with Crippen LogP contribution in [-0.2, 0) is 11.2 Å². The lowest BCUT2D eigenvalue weighted by atomic mass is 9.78. The Morgan fingerprint density at radius 3 is 2.54 bits per heavy atom. The van der Waals surface area contributed by atoms with Crippen molar-refractivity contribution >= 4 is 5.91 Å². The van der Waals surface area contributed by atoms with Crippen LogP contribution in [0.4, 0.5) is 0 Å². The number of tetrazole rings is 1. The number of nitrogens with zero attached hydrogens (tertiary/aromatic N) is 5. The van der Waals surface area contributed by atoms with Gasteiger partial charge in [-0.2, -0.15) is 0 Å². The molecule has 2 fully saturated rings. The summed E-state index contributed by atoms with van der Waals surface area (Å²) in [6.07, 6.45) is 9.78. The third-order valence-electron chi connectivity index (χ3n) is 5.58. The number of hydrogen-bond acceptors (Lipinski definition) is 4. The van der Waals surface area contributed by atoms with Crippen molar-refractivity contribution in [3.05, 3.63) is 36.2 Å². The molecule has 2 aromatic rings. The molecular formula is C18H23N5O. The smallest absolute Gasteiger partial charge is 0.227 e. The lowest BCUT2D eigenvalue weighted by Gasteiger charge is -2.40. The minimum Gasteiger partial charge on any atom is -0.342 e. The third kappa shape index (κ3) is 3.05. The molecule has 1 aromatic carbocycles. The molecule has 1 spiro atoms. The first-order valence-electron chi connectivity index (χ1n) is 8.84. The molecule has 6 nitrogen and oxygen atoms in total. The van der Waals surface area contributed by atoms with Gasteiger partial charge in [-0.1, -0.05) is 25.0 Å². The van der Waals surface area contributed by atoms with Crippen LogP contribution in [0, 0.1) is 5.41 Å². The summed E-state index contributed by atoms with van der Waals surface area (Å²) in [4.78, 5) is 14.8. The van der Waals surface area contributed by atoms with Crippen molar-refractivity contribution < 1.29 is 4.79 Å². The summed E-state index contributed by atoms with van der Waals surface area (Å²) < 4.78 is 1.61. The summed E-state index contributed by atoms with van der Waals surface area (Å²) in [5.41, 5.74) is 2.37. The first-order chi connectivity index (χ1) is 11.7. The molecule has 0 unspecified atom stereocenters. The third-order valence-corrected chi connectivity index (χ3v) is 5.58. The fourth-order valence-corrected chi connectivity index (χ4v) is 4.29. The van der Waals surface area contributed by atoms with Crippen LogP contribution in [0.3, 0.4) is 0 Å². The Balaban J connectivity index is 1.40.